The summed E-state index contributed by atoms with van der Waals surface area (Å²) in [6, 6.07) is 5.74. The van der Waals surface area contributed by atoms with Gasteiger partial charge in [0.15, 0.2) is 0 Å². The average Bonchev–Trinajstić information content (AvgIpc) is 2.38. The van der Waals surface area contributed by atoms with Gasteiger partial charge in [0.05, 0.1) is 5.92 Å². The molecule has 3 nitrogen and oxygen atoms in total. The van der Waals surface area contributed by atoms with E-state index >= 15 is 0 Å². The molecule has 2 rings (SSSR count). The van der Waals surface area contributed by atoms with E-state index in [1.807, 2.05) is 25.1 Å². The maximum Gasteiger partial charge on any atom is 0.224 e. The molecule has 1 aliphatic heterocycles. The molecule has 2 N–H and O–H groups in total. The number of primary amides is 1. The zero-order valence-corrected chi connectivity index (χ0v) is 11.4. The molecule has 1 heterocycles. The van der Waals surface area contributed by atoms with Crippen molar-refractivity contribution in [2.75, 3.05) is 18.0 Å². The monoisotopic (exact) mass is 266 g/mol. The van der Waals surface area contributed by atoms with Crippen LogP contribution in [0.3, 0.4) is 0 Å². The lowest BCUT2D eigenvalue weighted by Gasteiger charge is -2.31. The molecule has 0 aliphatic carbocycles. The first kappa shape index (κ1) is 13.2. The van der Waals surface area contributed by atoms with Crippen LogP contribution < -0.4 is 10.6 Å². The highest BCUT2D eigenvalue weighted by atomic mass is 35.5. The highest BCUT2D eigenvalue weighted by molar-refractivity contribution is 6.30. The Kier molecular flexibility index (Phi) is 4.12. The molecule has 0 spiro atoms. The Labute approximate surface area is 113 Å². The van der Waals surface area contributed by atoms with Gasteiger partial charge in [-0.3, -0.25) is 4.79 Å². The molecule has 1 atom stereocenters. The van der Waals surface area contributed by atoms with Gasteiger partial charge >= 0.3 is 0 Å². The molecule has 1 unspecified atom stereocenters. The SMILES string of the molecule is CC(C(N)=O)c1cc(Cl)ccc1N1CCCCC1. The first-order chi connectivity index (χ1) is 8.59. The van der Waals surface area contributed by atoms with Crippen molar-refractivity contribution in [2.24, 2.45) is 5.73 Å². The van der Waals surface area contributed by atoms with E-state index in [9.17, 15) is 4.79 Å². The average molecular weight is 267 g/mol. The second-order valence-electron chi connectivity index (χ2n) is 4.87. The number of hydrogen-bond acceptors (Lipinski definition) is 2. The summed E-state index contributed by atoms with van der Waals surface area (Å²) < 4.78 is 0. The normalized spacial score (nSPS) is 17.6. The highest BCUT2D eigenvalue weighted by Gasteiger charge is 2.20. The van der Waals surface area contributed by atoms with Crippen molar-refractivity contribution in [3.8, 4) is 0 Å². The lowest BCUT2D eigenvalue weighted by atomic mass is 9.97. The number of rotatable bonds is 3. The number of anilines is 1. The summed E-state index contributed by atoms with van der Waals surface area (Å²) in [7, 11) is 0. The van der Waals surface area contributed by atoms with Crippen LogP contribution >= 0.6 is 11.6 Å². The molecule has 0 saturated carbocycles. The molecule has 98 valence electrons. The summed E-state index contributed by atoms with van der Waals surface area (Å²) in [5.41, 5.74) is 7.46. The minimum atomic E-state index is -0.310. The summed E-state index contributed by atoms with van der Waals surface area (Å²) in [5, 5.41) is 0.652. The third-order valence-corrected chi connectivity index (χ3v) is 3.81. The molecular formula is C14H19ClN2O. The van der Waals surface area contributed by atoms with Gasteiger partial charge in [0.25, 0.3) is 0 Å². The first-order valence-electron chi connectivity index (χ1n) is 6.43. The second kappa shape index (κ2) is 5.61. The van der Waals surface area contributed by atoms with Gasteiger partial charge in [0.1, 0.15) is 0 Å². The van der Waals surface area contributed by atoms with Gasteiger partial charge in [-0.05, 0) is 49.9 Å². The summed E-state index contributed by atoms with van der Waals surface area (Å²) in [6.07, 6.45) is 3.69. The lowest BCUT2D eigenvalue weighted by molar-refractivity contribution is -0.119. The van der Waals surface area contributed by atoms with Crippen LogP contribution in [0.4, 0.5) is 5.69 Å². The first-order valence-corrected chi connectivity index (χ1v) is 6.81. The summed E-state index contributed by atoms with van der Waals surface area (Å²) in [5.74, 6) is -0.615. The number of hydrogen-bond donors (Lipinski definition) is 1. The van der Waals surface area contributed by atoms with Crippen molar-refractivity contribution in [3.05, 3.63) is 28.8 Å². The molecule has 0 bridgehead atoms. The van der Waals surface area contributed by atoms with Gasteiger partial charge in [0, 0.05) is 23.8 Å². The second-order valence-corrected chi connectivity index (χ2v) is 5.31. The van der Waals surface area contributed by atoms with Crippen LogP contribution in [0.1, 0.15) is 37.7 Å². The Morgan fingerprint density at radius 3 is 2.61 bits per heavy atom. The van der Waals surface area contributed by atoms with Crippen molar-refractivity contribution in [3.63, 3.8) is 0 Å². The van der Waals surface area contributed by atoms with Crippen molar-refractivity contribution < 1.29 is 4.79 Å². The third kappa shape index (κ3) is 2.78. The summed E-state index contributed by atoms with van der Waals surface area (Å²) in [4.78, 5) is 13.7. The zero-order valence-electron chi connectivity index (χ0n) is 10.7. The van der Waals surface area contributed by atoms with Gasteiger partial charge in [-0.15, -0.1) is 0 Å². The van der Waals surface area contributed by atoms with Crippen LogP contribution in [-0.2, 0) is 4.79 Å². The van der Waals surface area contributed by atoms with E-state index in [2.05, 4.69) is 4.90 Å². The molecule has 1 aromatic rings. The fraction of sp³-hybridized carbons (Fsp3) is 0.500. The number of carbonyl (C=O) groups is 1. The number of carbonyl (C=O) groups excluding carboxylic acids is 1. The highest BCUT2D eigenvalue weighted by Crippen LogP contribution is 2.32. The van der Waals surface area contributed by atoms with E-state index in [0.29, 0.717) is 5.02 Å². The Morgan fingerprint density at radius 1 is 1.33 bits per heavy atom. The molecule has 18 heavy (non-hydrogen) atoms. The fourth-order valence-corrected chi connectivity index (χ4v) is 2.63. The minimum absolute atomic E-state index is 0.305. The van der Waals surface area contributed by atoms with Crippen LogP contribution in [0.5, 0.6) is 0 Å². The number of nitrogens with zero attached hydrogens (tertiary/aromatic N) is 1. The molecule has 0 radical (unpaired) electrons. The third-order valence-electron chi connectivity index (χ3n) is 3.58. The van der Waals surface area contributed by atoms with Crippen LogP contribution in [0, 0.1) is 0 Å². The van der Waals surface area contributed by atoms with Gasteiger partial charge in [-0.2, -0.15) is 0 Å². The Bertz CT molecular complexity index is 441. The maximum atomic E-state index is 11.4. The van der Waals surface area contributed by atoms with E-state index in [1.54, 1.807) is 0 Å². The molecule has 1 fully saturated rings. The molecule has 4 heteroatoms. The van der Waals surface area contributed by atoms with Gasteiger partial charge in [-0.1, -0.05) is 11.6 Å². The van der Waals surface area contributed by atoms with Crippen LogP contribution in [0.15, 0.2) is 18.2 Å². The number of benzene rings is 1. The molecule has 1 aromatic carbocycles. The summed E-state index contributed by atoms with van der Waals surface area (Å²) >= 11 is 6.03. The van der Waals surface area contributed by atoms with Gasteiger partial charge in [0.2, 0.25) is 5.91 Å². The van der Waals surface area contributed by atoms with Gasteiger partial charge in [-0.25, -0.2) is 0 Å². The van der Waals surface area contributed by atoms with Crippen molar-refractivity contribution in [1.29, 1.82) is 0 Å². The van der Waals surface area contributed by atoms with Crippen LogP contribution in [0.2, 0.25) is 5.02 Å². The number of halogens is 1. The lowest BCUT2D eigenvalue weighted by Crippen LogP contribution is -2.31. The van der Waals surface area contributed by atoms with Crippen molar-refractivity contribution >= 4 is 23.2 Å². The standard InChI is InChI=1S/C14H19ClN2O/c1-10(14(16)18)12-9-11(15)5-6-13(12)17-7-3-2-4-8-17/h5-6,9-10H,2-4,7-8H2,1H3,(H2,16,18). The number of amides is 1. The largest absolute Gasteiger partial charge is 0.371 e. The fourth-order valence-electron chi connectivity index (χ4n) is 2.45. The molecule has 1 aliphatic rings. The van der Waals surface area contributed by atoms with E-state index in [4.69, 9.17) is 17.3 Å². The van der Waals surface area contributed by atoms with Crippen molar-refractivity contribution in [2.45, 2.75) is 32.1 Å². The Hall–Kier alpha value is -1.22. The Morgan fingerprint density at radius 2 is 2.00 bits per heavy atom. The van der Waals surface area contributed by atoms with E-state index in [1.165, 1.54) is 19.3 Å². The molecule has 1 amide bonds. The smallest absolute Gasteiger partial charge is 0.224 e. The number of nitrogens with two attached hydrogens (primary N) is 1. The molecular weight excluding hydrogens is 248 g/mol. The van der Waals surface area contributed by atoms with Crippen molar-refractivity contribution in [1.82, 2.24) is 0 Å². The maximum absolute atomic E-state index is 11.4. The minimum Gasteiger partial charge on any atom is -0.371 e. The van der Waals surface area contributed by atoms with E-state index in [-0.39, 0.29) is 11.8 Å². The number of piperidine rings is 1. The topological polar surface area (TPSA) is 46.3 Å². The predicted molar refractivity (Wildman–Crippen MR) is 75.1 cm³/mol. The molecule has 0 aromatic heterocycles. The predicted octanol–water partition coefficient (Wildman–Crippen LogP) is 2.92. The van der Waals surface area contributed by atoms with E-state index < -0.39 is 0 Å². The van der Waals surface area contributed by atoms with Crippen LogP contribution in [0.25, 0.3) is 0 Å². The zero-order chi connectivity index (χ0) is 13.1. The van der Waals surface area contributed by atoms with E-state index in [0.717, 1.165) is 24.3 Å². The van der Waals surface area contributed by atoms with Crippen LogP contribution in [-0.4, -0.2) is 19.0 Å². The Balaban J connectivity index is 2.36. The van der Waals surface area contributed by atoms with Gasteiger partial charge < -0.3 is 10.6 Å². The molecule has 1 saturated heterocycles. The summed E-state index contributed by atoms with van der Waals surface area (Å²) in [6.45, 7) is 3.92. The quantitative estimate of drug-likeness (QED) is 0.914.